The van der Waals surface area contributed by atoms with Gasteiger partial charge in [-0.2, -0.15) is 0 Å². The standard InChI is InChI=1S/C26H22ClN3O2S/c27-20-10-5-7-18(15-20)16-30-25(32)21-11-2-3-12-22(21)28-26(30)33-17-24(31)29-14-6-9-19-8-1-4-13-23(19)29/h1-5,7-8,10-13,15H,6,9,14,16-17H2. The summed E-state index contributed by atoms with van der Waals surface area (Å²) in [6.07, 6.45) is 1.93. The van der Waals surface area contributed by atoms with Gasteiger partial charge >= 0.3 is 0 Å². The lowest BCUT2D eigenvalue weighted by molar-refractivity contribution is -0.116. The molecule has 1 amide bonds. The molecule has 0 saturated carbocycles. The van der Waals surface area contributed by atoms with Crippen molar-refractivity contribution >= 4 is 45.9 Å². The summed E-state index contributed by atoms with van der Waals surface area (Å²) in [5.41, 5.74) is 3.59. The van der Waals surface area contributed by atoms with Crippen molar-refractivity contribution in [3.63, 3.8) is 0 Å². The highest BCUT2D eigenvalue weighted by atomic mass is 35.5. The number of para-hydroxylation sites is 2. The maximum atomic E-state index is 13.3. The molecule has 0 unspecified atom stereocenters. The summed E-state index contributed by atoms with van der Waals surface area (Å²) >= 11 is 7.46. The Morgan fingerprint density at radius 2 is 1.85 bits per heavy atom. The number of benzene rings is 3. The highest BCUT2D eigenvalue weighted by Crippen LogP contribution is 2.28. The largest absolute Gasteiger partial charge is 0.311 e. The van der Waals surface area contributed by atoms with Gasteiger partial charge in [-0.05, 0) is 54.3 Å². The van der Waals surface area contributed by atoms with Crippen LogP contribution in [0.1, 0.15) is 17.5 Å². The maximum Gasteiger partial charge on any atom is 0.262 e. The summed E-state index contributed by atoms with van der Waals surface area (Å²) < 4.78 is 1.64. The first-order chi connectivity index (χ1) is 16.1. The SMILES string of the molecule is O=C(CSc1nc2ccccc2c(=O)n1Cc1cccc(Cl)c1)N1CCCc2ccccc21. The Morgan fingerprint density at radius 3 is 2.73 bits per heavy atom. The minimum absolute atomic E-state index is 0.0175. The van der Waals surface area contributed by atoms with Crippen LogP contribution in [-0.2, 0) is 17.8 Å². The van der Waals surface area contributed by atoms with E-state index in [1.165, 1.54) is 17.3 Å². The number of hydrogen-bond acceptors (Lipinski definition) is 4. The van der Waals surface area contributed by atoms with E-state index in [2.05, 4.69) is 6.07 Å². The van der Waals surface area contributed by atoms with Gasteiger partial charge in [0.15, 0.2) is 5.16 Å². The molecule has 0 saturated heterocycles. The zero-order valence-electron chi connectivity index (χ0n) is 17.9. The number of nitrogens with zero attached hydrogens (tertiary/aromatic N) is 3. The van der Waals surface area contributed by atoms with Crippen LogP contribution < -0.4 is 10.5 Å². The highest BCUT2D eigenvalue weighted by Gasteiger charge is 2.23. The molecule has 3 aromatic carbocycles. The predicted molar refractivity (Wildman–Crippen MR) is 134 cm³/mol. The molecule has 0 aliphatic carbocycles. The van der Waals surface area contributed by atoms with Gasteiger partial charge in [0.2, 0.25) is 5.91 Å². The smallest absolute Gasteiger partial charge is 0.262 e. The summed E-state index contributed by atoms with van der Waals surface area (Å²) in [6.45, 7) is 1.04. The first-order valence-corrected chi connectivity index (χ1v) is 12.2. The first kappa shape index (κ1) is 21.7. The molecule has 0 fully saturated rings. The Bertz CT molecular complexity index is 1400. The van der Waals surface area contributed by atoms with Crippen molar-refractivity contribution in [2.24, 2.45) is 0 Å². The lowest BCUT2D eigenvalue weighted by Crippen LogP contribution is -2.36. The fourth-order valence-electron chi connectivity index (χ4n) is 4.21. The van der Waals surface area contributed by atoms with E-state index in [0.29, 0.717) is 34.2 Å². The molecule has 166 valence electrons. The van der Waals surface area contributed by atoms with Gasteiger partial charge in [-0.15, -0.1) is 0 Å². The second kappa shape index (κ2) is 9.41. The van der Waals surface area contributed by atoms with Crippen LogP contribution in [-0.4, -0.2) is 27.8 Å². The van der Waals surface area contributed by atoms with Crippen molar-refractivity contribution in [2.45, 2.75) is 24.5 Å². The molecule has 0 bridgehead atoms. The Labute approximate surface area is 201 Å². The number of aryl methyl sites for hydroxylation is 1. The summed E-state index contributed by atoms with van der Waals surface area (Å²) in [4.78, 5) is 33.1. The van der Waals surface area contributed by atoms with E-state index < -0.39 is 0 Å². The van der Waals surface area contributed by atoms with Crippen molar-refractivity contribution in [1.29, 1.82) is 0 Å². The zero-order chi connectivity index (χ0) is 22.8. The first-order valence-electron chi connectivity index (χ1n) is 10.9. The van der Waals surface area contributed by atoms with E-state index in [4.69, 9.17) is 16.6 Å². The van der Waals surface area contributed by atoms with E-state index in [9.17, 15) is 9.59 Å². The number of thioether (sulfide) groups is 1. The molecule has 7 heteroatoms. The van der Waals surface area contributed by atoms with Gasteiger partial charge in [0.25, 0.3) is 5.56 Å². The highest BCUT2D eigenvalue weighted by molar-refractivity contribution is 7.99. The fraction of sp³-hybridized carbons (Fsp3) is 0.192. The molecule has 0 atom stereocenters. The summed E-state index contributed by atoms with van der Waals surface area (Å²) in [7, 11) is 0. The molecule has 4 aromatic rings. The number of carbonyl (C=O) groups is 1. The Morgan fingerprint density at radius 1 is 1.03 bits per heavy atom. The van der Waals surface area contributed by atoms with Crippen LogP contribution in [0.2, 0.25) is 5.02 Å². The van der Waals surface area contributed by atoms with E-state index in [1.54, 1.807) is 16.7 Å². The number of halogens is 1. The van der Waals surface area contributed by atoms with Crippen LogP contribution in [0.5, 0.6) is 0 Å². The van der Waals surface area contributed by atoms with E-state index in [1.807, 2.05) is 59.5 Å². The molecule has 1 aromatic heterocycles. The Kier molecular flexibility index (Phi) is 6.20. The normalized spacial score (nSPS) is 13.2. The lowest BCUT2D eigenvalue weighted by atomic mass is 10.0. The van der Waals surface area contributed by atoms with Crippen LogP contribution in [0.3, 0.4) is 0 Å². The third-order valence-corrected chi connectivity index (χ3v) is 6.99. The third kappa shape index (κ3) is 4.54. The number of carbonyl (C=O) groups excluding carboxylic acids is 1. The molecule has 0 spiro atoms. The summed E-state index contributed by atoms with van der Waals surface area (Å²) in [5, 5.41) is 1.69. The molecular formula is C26H22ClN3O2S. The maximum absolute atomic E-state index is 13.3. The molecule has 0 radical (unpaired) electrons. The lowest BCUT2D eigenvalue weighted by Gasteiger charge is -2.29. The zero-order valence-corrected chi connectivity index (χ0v) is 19.5. The van der Waals surface area contributed by atoms with Gasteiger partial charge in [-0.1, -0.05) is 65.8 Å². The van der Waals surface area contributed by atoms with Crippen molar-refractivity contribution in [3.05, 3.63) is 99.3 Å². The van der Waals surface area contributed by atoms with Crippen molar-refractivity contribution < 1.29 is 4.79 Å². The predicted octanol–water partition coefficient (Wildman–Crippen LogP) is 5.17. The van der Waals surface area contributed by atoms with Gasteiger partial charge < -0.3 is 4.90 Å². The monoisotopic (exact) mass is 475 g/mol. The van der Waals surface area contributed by atoms with Gasteiger partial charge in [0.05, 0.1) is 23.2 Å². The summed E-state index contributed by atoms with van der Waals surface area (Å²) in [5.74, 6) is 0.221. The quantitative estimate of drug-likeness (QED) is 0.295. The molecule has 0 N–H and O–H groups in total. The summed E-state index contributed by atoms with van der Waals surface area (Å²) in [6, 6.07) is 22.8. The van der Waals surface area contributed by atoms with Crippen molar-refractivity contribution in [2.75, 3.05) is 17.2 Å². The molecular weight excluding hydrogens is 454 g/mol. The molecule has 1 aliphatic heterocycles. The second-order valence-electron chi connectivity index (χ2n) is 8.00. The van der Waals surface area contributed by atoms with E-state index in [0.717, 1.165) is 24.1 Å². The minimum atomic E-state index is -0.126. The van der Waals surface area contributed by atoms with Crippen LogP contribution in [0.25, 0.3) is 10.9 Å². The number of anilines is 1. The average molecular weight is 476 g/mol. The van der Waals surface area contributed by atoms with E-state index in [-0.39, 0.29) is 17.2 Å². The molecule has 33 heavy (non-hydrogen) atoms. The Balaban J connectivity index is 1.46. The topological polar surface area (TPSA) is 55.2 Å². The Hall–Kier alpha value is -3.09. The van der Waals surface area contributed by atoms with Gasteiger partial charge in [0.1, 0.15) is 0 Å². The molecule has 5 rings (SSSR count). The number of hydrogen-bond donors (Lipinski definition) is 0. The second-order valence-corrected chi connectivity index (χ2v) is 9.38. The molecule has 2 heterocycles. The molecule has 1 aliphatic rings. The molecule has 5 nitrogen and oxygen atoms in total. The minimum Gasteiger partial charge on any atom is -0.311 e. The van der Waals surface area contributed by atoms with E-state index >= 15 is 0 Å². The number of aromatic nitrogens is 2. The van der Waals surface area contributed by atoms with Crippen molar-refractivity contribution in [1.82, 2.24) is 9.55 Å². The number of rotatable bonds is 5. The number of fused-ring (bicyclic) bond motifs is 2. The van der Waals surface area contributed by atoms with Crippen LogP contribution in [0.15, 0.2) is 82.7 Å². The van der Waals surface area contributed by atoms with Crippen LogP contribution in [0, 0.1) is 0 Å². The number of amides is 1. The van der Waals surface area contributed by atoms with Gasteiger partial charge in [-0.3, -0.25) is 14.2 Å². The fourth-order valence-corrected chi connectivity index (χ4v) is 5.30. The van der Waals surface area contributed by atoms with Gasteiger partial charge in [0, 0.05) is 17.3 Å². The van der Waals surface area contributed by atoms with Crippen molar-refractivity contribution in [3.8, 4) is 0 Å². The van der Waals surface area contributed by atoms with Crippen LogP contribution in [0.4, 0.5) is 5.69 Å². The third-order valence-electron chi connectivity index (χ3n) is 5.79. The average Bonchev–Trinajstić information content (AvgIpc) is 2.84. The van der Waals surface area contributed by atoms with Gasteiger partial charge in [-0.25, -0.2) is 4.98 Å². The van der Waals surface area contributed by atoms with Crippen LogP contribution >= 0.6 is 23.4 Å².